The number of allylic oxidation sites excluding steroid dienone is 2. The Balaban J connectivity index is 0.000000391. The highest BCUT2D eigenvalue weighted by molar-refractivity contribution is 5.81. The first-order valence-electron chi connectivity index (χ1n) is 14.0. The minimum Gasteiger partial charge on any atom is -0.387 e. The van der Waals surface area contributed by atoms with Crippen LogP contribution in [0, 0.1) is 0 Å². The Morgan fingerprint density at radius 3 is 2.32 bits per heavy atom. The average Bonchev–Trinajstić information content (AvgIpc) is 3.19. The highest BCUT2D eigenvalue weighted by Gasteiger charge is 2.27. The summed E-state index contributed by atoms with van der Waals surface area (Å²) in [7, 11) is 0. The zero-order valence-electron chi connectivity index (χ0n) is 24.3. The van der Waals surface area contributed by atoms with E-state index in [4.69, 9.17) is 4.98 Å². The van der Waals surface area contributed by atoms with Gasteiger partial charge in [-0.3, -0.25) is 0 Å². The number of hydrogen-bond acceptors (Lipinski definition) is 2. The molecule has 0 bridgehead atoms. The molecule has 1 N–H and O–H groups in total. The molecule has 2 aromatic carbocycles. The van der Waals surface area contributed by atoms with Gasteiger partial charge in [-0.1, -0.05) is 82.2 Å². The molecule has 1 aromatic heterocycles. The standard InChI is InChI=1S/C23H26F2N2.C10H21N/c1-5-6-11-22-26-20-14-17(16(2)3)12-13-21(20)27(22)15-18-9-7-8-10-19(18)23(4,24)25;1-5-6-7-8-10(4)11-9(2)3/h7-10,12-14H,2,5-6,11,15H2,1,3-4H3;9,11H,4-8H2,1-3H3. The van der Waals surface area contributed by atoms with Crippen LogP contribution in [0.25, 0.3) is 16.6 Å². The van der Waals surface area contributed by atoms with Gasteiger partial charge in [0.2, 0.25) is 0 Å². The molecule has 3 nitrogen and oxygen atoms in total. The minimum absolute atomic E-state index is 0.0758. The van der Waals surface area contributed by atoms with Gasteiger partial charge in [-0.2, -0.15) is 0 Å². The third-order valence-electron chi connectivity index (χ3n) is 6.47. The quantitative estimate of drug-likeness (QED) is 0.226. The van der Waals surface area contributed by atoms with Crippen molar-refractivity contribution in [3.8, 4) is 0 Å². The van der Waals surface area contributed by atoms with Gasteiger partial charge in [0.25, 0.3) is 5.92 Å². The number of rotatable bonds is 13. The number of hydrogen-bond donors (Lipinski definition) is 1. The van der Waals surface area contributed by atoms with Crippen molar-refractivity contribution >= 4 is 16.6 Å². The van der Waals surface area contributed by atoms with Crippen LogP contribution in [0.1, 0.15) is 103 Å². The maximum absolute atomic E-state index is 14.1. The zero-order chi connectivity index (χ0) is 28.3. The second-order valence-electron chi connectivity index (χ2n) is 10.6. The Hall–Kier alpha value is -2.95. The Morgan fingerprint density at radius 2 is 1.71 bits per heavy atom. The van der Waals surface area contributed by atoms with Gasteiger partial charge in [0.05, 0.1) is 11.0 Å². The predicted octanol–water partition coefficient (Wildman–Crippen LogP) is 9.65. The predicted molar refractivity (Wildman–Crippen MR) is 160 cm³/mol. The Morgan fingerprint density at radius 1 is 1.03 bits per heavy atom. The molecule has 0 fully saturated rings. The second-order valence-corrected chi connectivity index (χ2v) is 10.6. The number of halogens is 2. The number of unbranched alkanes of at least 4 members (excludes halogenated alkanes) is 3. The molecule has 0 unspecified atom stereocenters. The van der Waals surface area contributed by atoms with E-state index in [9.17, 15) is 8.78 Å². The number of aryl methyl sites for hydroxylation is 1. The maximum Gasteiger partial charge on any atom is 0.270 e. The van der Waals surface area contributed by atoms with Gasteiger partial charge in [-0.15, -0.1) is 0 Å². The van der Waals surface area contributed by atoms with Gasteiger partial charge in [-0.25, -0.2) is 13.8 Å². The largest absolute Gasteiger partial charge is 0.387 e. The van der Waals surface area contributed by atoms with Gasteiger partial charge in [-0.05, 0) is 63.3 Å². The Bertz CT molecular complexity index is 1180. The molecule has 0 aliphatic carbocycles. The smallest absolute Gasteiger partial charge is 0.270 e. The molecular weight excluding hydrogens is 476 g/mol. The fraction of sp³-hybridized carbons (Fsp3) is 0.485. The highest BCUT2D eigenvalue weighted by Crippen LogP contribution is 2.31. The maximum atomic E-state index is 14.1. The lowest BCUT2D eigenvalue weighted by Gasteiger charge is -2.17. The summed E-state index contributed by atoms with van der Waals surface area (Å²) in [6.07, 6.45) is 7.92. The summed E-state index contributed by atoms with van der Waals surface area (Å²) in [6.45, 7) is 19.9. The van der Waals surface area contributed by atoms with E-state index in [0.29, 0.717) is 18.2 Å². The van der Waals surface area contributed by atoms with Crippen LogP contribution in [0.2, 0.25) is 0 Å². The molecule has 0 saturated carbocycles. The fourth-order valence-electron chi connectivity index (χ4n) is 4.47. The third kappa shape index (κ3) is 9.41. The summed E-state index contributed by atoms with van der Waals surface area (Å²) in [5, 5.41) is 3.31. The number of nitrogens with zero attached hydrogens (tertiary/aromatic N) is 2. The van der Waals surface area contributed by atoms with Crippen molar-refractivity contribution in [3.05, 3.63) is 83.8 Å². The molecule has 0 aliphatic rings. The highest BCUT2D eigenvalue weighted by atomic mass is 19.3. The van der Waals surface area contributed by atoms with E-state index in [1.807, 2.05) is 31.2 Å². The van der Waals surface area contributed by atoms with Crippen molar-refractivity contribution < 1.29 is 8.78 Å². The van der Waals surface area contributed by atoms with Crippen LogP contribution in [-0.2, 0) is 18.9 Å². The number of nitrogens with one attached hydrogen (secondary N) is 1. The first kappa shape index (κ1) is 31.3. The van der Waals surface area contributed by atoms with Gasteiger partial charge in [0.15, 0.2) is 0 Å². The summed E-state index contributed by atoms with van der Waals surface area (Å²) in [6, 6.07) is 13.4. The summed E-state index contributed by atoms with van der Waals surface area (Å²) in [5.74, 6) is -1.93. The number of alkyl halides is 2. The van der Waals surface area contributed by atoms with Gasteiger partial charge < -0.3 is 9.88 Å². The molecule has 0 saturated heterocycles. The van der Waals surface area contributed by atoms with Crippen LogP contribution in [0.5, 0.6) is 0 Å². The lowest BCUT2D eigenvalue weighted by Crippen LogP contribution is -2.21. The first-order valence-corrected chi connectivity index (χ1v) is 14.0. The van der Waals surface area contributed by atoms with Gasteiger partial charge in [0.1, 0.15) is 5.82 Å². The fourth-order valence-corrected chi connectivity index (χ4v) is 4.47. The number of benzene rings is 2. The number of aromatic nitrogens is 2. The van der Waals surface area contributed by atoms with Crippen LogP contribution in [-0.4, -0.2) is 15.6 Å². The second kappa shape index (κ2) is 14.8. The van der Waals surface area contributed by atoms with Gasteiger partial charge >= 0.3 is 0 Å². The number of imidazole rings is 1. The monoisotopic (exact) mass is 523 g/mol. The normalized spacial score (nSPS) is 11.4. The van der Waals surface area contributed by atoms with E-state index >= 15 is 0 Å². The minimum atomic E-state index is -2.87. The van der Waals surface area contributed by atoms with Crippen LogP contribution in [0.3, 0.4) is 0 Å². The molecule has 0 radical (unpaired) electrons. The lowest BCUT2D eigenvalue weighted by molar-refractivity contribution is 0.0164. The SMILES string of the molecule is C=C(C)c1ccc2c(c1)nc(CCCC)n2Cc1ccccc1C(C)(F)F.C=C(CCCCC)NC(C)C. The molecule has 38 heavy (non-hydrogen) atoms. The number of fused-ring (bicyclic) bond motifs is 1. The molecule has 0 aliphatic heterocycles. The molecule has 3 rings (SSSR count). The van der Waals surface area contributed by atoms with Crippen LogP contribution >= 0.6 is 0 Å². The average molecular weight is 524 g/mol. The Labute approximate surface area is 229 Å². The molecule has 5 heteroatoms. The van der Waals surface area contributed by atoms with Crippen LogP contribution in [0.15, 0.2) is 61.3 Å². The summed E-state index contributed by atoms with van der Waals surface area (Å²) >= 11 is 0. The van der Waals surface area contributed by atoms with Crippen molar-refractivity contribution in [1.82, 2.24) is 14.9 Å². The van der Waals surface area contributed by atoms with E-state index < -0.39 is 5.92 Å². The molecular formula is C33H47F2N3. The van der Waals surface area contributed by atoms with Crippen molar-refractivity contribution in [2.45, 2.75) is 105 Å². The van der Waals surface area contributed by atoms with Crippen molar-refractivity contribution in [2.24, 2.45) is 0 Å². The van der Waals surface area contributed by atoms with Crippen LogP contribution < -0.4 is 5.32 Å². The topological polar surface area (TPSA) is 29.9 Å². The van der Waals surface area contributed by atoms with E-state index in [1.165, 1.54) is 31.0 Å². The first-order chi connectivity index (χ1) is 18.0. The zero-order valence-corrected chi connectivity index (χ0v) is 24.3. The third-order valence-corrected chi connectivity index (χ3v) is 6.47. The summed E-state index contributed by atoms with van der Waals surface area (Å²) in [4.78, 5) is 4.82. The molecule has 3 aromatic rings. The molecule has 0 atom stereocenters. The van der Waals surface area contributed by atoms with Gasteiger partial charge in [0, 0.05) is 37.2 Å². The molecule has 0 spiro atoms. The molecule has 208 valence electrons. The molecule has 0 amide bonds. The Kier molecular flexibility index (Phi) is 12.2. The molecule has 1 heterocycles. The lowest BCUT2D eigenvalue weighted by atomic mass is 10.0. The van der Waals surface area contributed by atoms with E-state index in [0.717, 1.165) is 60.6 Å². The summed E-state index contributed by atoms with van der Waals surface area (Å²) < 4.78 is 30.2. The van der Waals surface area contributed by atoms with Crippen molar-refractivity contribution in [3.63, 3.8) is 0 Å². The van der Waals surface area contributed by atoms with E-state index in [2.05, 4.69) is 50.7 Å². The van der Waals surface area contributed by atoms with Crippen molar-refractivity contribution in [1.29, 1.82) is 0 Å². The van der Waals surface area contributed by atoms with Crippen LogP contribution in [0.4, 0.5) is 8.78 Å². The van der Waals surface area contributed by atoms with E-state index in [1.54, 1.807) is 12.1 Å². The van der Waals surface area contributed by atoms with E-state index in [-0.39, 0.29) is 5.56 Å². The summed E-state index contributed by atoms with van der Waals surface area (Å²) in [5.41, 5.74) is 5.79. The van der Waals surface area contributed by atoms with Crippen molar-refractivity contribution in [2.75, 3.05) is 0 Å².